The van der Waals surface area contributed by atoms with E-state index in [1.807, 2.05) is 19.9 Å². The van der Waals surface area contributed by atoms with Gasteiger partial charge in [-0.05, 0) is 37.2 Å². The molecule has 0 aliphatic heterocycles. The number of nitrogens with zero attached hydrogens (tertiary/aromatic N) is 2. The van der Waals surface area contributed by atoms with Crippen LogP contribution in [0.3, 0.4) is 0 Å². The second kappa shape index (κ2) is 3.34. The van der Waals surface area contributed by atoms with Crippen molar-refractivity contribution >= 4 is 12.2 Å². The predicted molar refractivity (Wildman–Crippen MR) is 54.4 cm³/mol. The Morgan fingerprint density at radius 2 is 2.21 bits per heavy atom. The summed E-state index contributed by atoms with van der Waals surface area (Å²) in [6, 6.07) is 2.04. The van der Waals surface area contributed by atoms with Gasteiger partial charge >= 0.3 is 4.84 Å². The SMILES string of the molecule is Cc1cnc(-c2nc(=S)o[nH]2)c(C)c1. The molecule has 0 aromatic carbocycles. The molecule has 0 amide bonds. The Hall–Kier alpha value is -1.49. The van der Waals surface area contributed by atoms with Gasteiger partial charge in [0.25, 0.3) is 0 Å². The lowest BCUT2D eigenvalue weighted by Gasteiger charge is -2.00. The smallest absolute Gasteiger partial charge is 0.314 e. The van der Waals surface area contributed by atoms with E-state index >= 15 is 0 Å². The van der Waals surface area contributed by atoms with Crippen molar-refractivity contribution in [3.63, 3.8) is 0 Å². The molecular formula is C9H9N3OS. The van der Waals surface area contributed by atoms with Crippen LogP contribution in [-0.4, -0.2) is 15.1 Å². The first-order chi connectivity index (χ1) is 6.66. The Morgan fingerprint density at radius 3 is 2.79 bits per heavy atom. The van der Waals surface area contributed by atoms with Crippen molar-refractivity contribution in [3.8, 4) is 11.5 Å². The van der Waals surface area contributed by atoms with Gasteiger partial charge in [-0.2, -0.15) is 10.1 Å². The highest BCUT2D eigenvalue weighted by molar-refractivity contribution is 7.71. The third-order valence-corrected chi connectivity index (χ3v) is 2.05. The topological polar surface area (TPSA) is 54.7 Å². The van der Waals surface area contributed by atoms with E-state index in [4.69, 9.17) is 16.7 Å². The van der Waals surface area contributed by atoms with Gasteiger partial charge in [0.15, 0.2) is 5.82 Å². The molecule has 0 atom stereocenters. The molecule has 5 heteroatoms. The van der Waals surface area contributed by atoms with Crippen molar-refractivity contribution in [1.82, 2.24) is 15.1 Å². The van der Waals surface area contributed by atoms with Crippen molar-refractivity contribution in [1.29, 1.82) is 0 Å². The number of aromatic amines is 1. The summed E-state index contributed by atoms with van der Waals surface area (Å²) in [7, 11) is 0. The standard InChI is InChI=1S/C9H9N3OS/c1-5-3-6(2)7(10-4-5)8-11-9(14)13-12-8/h3-4H,1-2H3,(H,11,12,14). The van der Waals surface area contributed by atoms with Crippen LogP contribution in [0, 0.1) is 18.7 Å². The molecule has 14 heavy (non-hydrogen) atoms. The average molecular weight is 207 g/mol. The Bertz CT molecular complexity index is 515. The van der Waals surface area contributed by atoms with E-state index in [-0.39, 0.29) is 4.84 Å². The summed E-state index contributed by atoms with van der Waals surface area (Å²) in [6.45, 7) is 3.97. The highest BCUT2D eigenvalue weighted by Gasteiger charge is 2.07. The molecule has 0 radical (unpaired) electrons. The van der Waals surface area contributed by atoms with Crippen LogP contribution < -0.4 is 0 Å². The van der Waals surface area contributed by atoms with E-state index < -0.39 is 0 Å². The van der Waals surface area contributed by atoms with Crippen LogP contribution in [0.5, 0.6) is 0 Å². The molecule has 72 valence electrons. The molecule has 0 bridgehead atoms. The van der Waals surface area contributed by atoms with Crippen molar-refractivity contribution in [2.45, 2.75) is 13.8 Å². The van der Waals surface area contributed by atoms with Crippen LogP contribution in [0.4, 0.5) is 0 Å². The lowest BCUT2D eigenvalue weighted by atomic mass is 10.1. The largest absolute Gasteiger partial charge is 0.348 e. The van der Waals surface area contributed by atoms with Gasteiger partial charge in [0.2, 0.25) is 0 Å². The summed E-state index contributed by atoms with van der Waals surface area (Å²) in [4.78, 5) is 8.46. The first kappa shape index (κ1) is 9.08. The van der Waals surface area contributed by atoms with Crippen LogP contribution in [0.25, 0.3) is 11.5 Å². The fraction of sp³-hybridized carbons (Fsp3) is 0.222. The summed E-state index contributed by atoms with van der Waals surface area (Å²) in [5, 5.41) is 2.63. The maximum Gasteiger partial charge on any atom is 0.314 e. The zero-order valence-electron chi connectivity index (χ0n) is 7.87. The predicted octanol–water partition coefficient (Wildman–Crippen LogP) is 2.41. The number of aromatic nitrogens is 3. The van der Waals surface area contributed by atoms with Crippen molar-refractivity contribution in [3.05, 3.63) is 28.2 Å². The lowest BCUT2D eigenvalue weighted by molar-refractivity contribution is 0.406. The van der Waals surface area contributed by atoms with Gasteiger partial charge in [-0.15, -0.1) is 0 Å². The molecule has 4 nitrogen and oxygen atoms in total. The van der Waals surface area contributed by atoms with E-state index in [0.29, 0.717) is 5.82 Å². The van der Waals surface area contributed by atoms with Crippen LogP contribution in [-0.2, 0) is 0 Å². The Labute approximate surface area is 86.0 Å². The maximum absolute atomic E-state index is 4.84. The van der Waals surface area contributed by atoms with E-state index in [0.717, 1.165) is 16.8 Å². The maximum atomic E-state index is 4.84. The summed E-state index contributed by atoms with van der Waals surface area (Å²) in [5.74, 6) is 0.576. The summed E-state index contributed by atoms with van der Waals surface area (Å²) in [6.07, 6.45) is 1.79. The van der Waals surface area contributed by atoms with E-state index in [2.05, 4.69) is 15.1 Å². The van der Waals surface area contributed by atoms with E-state index in [1.165, 1.54) is 0 Å². The lowest BCUT2D eigenvalue weighted by Crippen LogP contribution is -1.90. The van der Waals surface area contributed by atoms with Crippen LogP contribution >= 0.6 is 12.2 Å². The fourth-order valence-electron chi connectivity index (χ4n) is 1.29. The van der Waals surface area contributed by atoms with E-state index in [1.54, 1.807) is 6.20 Å². The minimum atomic E-state index is 0.196. The Balaban J connectivity index is 2.57. The van der Waals surface area contributed by atoms with Crippen LogP contribution in [0.1, 0.15) is 11.1 Å². The summed E-state index contributed by atoms with van der Waals surface area (Å²) >= 11 is 4.77. The second-order valence-corrected chi connectivity index (χ2v) is 3.46. The number of hydrogen-bond acceptors (Lipinski definition) is 4. The molecule has 0 saturated carbocycles. The zero-order chi connectivity index (χ0) is 10.1. The van der Waals surface area contributed by atoms with Gasteiger partial charge in [0, 0.05) is 6.20 Å². The normalized spacial score (nSPS) is 10.4. The van der Waals surface area contributed by atoms with E-state index in [9.17, 15) is 0 Å². The Morgan fingerprint density at radius 1 is 1.43 bits per heavy atom. The monoisotopic (exact) mass is 207 g/mol. The molecule has 0 unspecified atom stereocenters. The quantitative estimate of drug-likeness (QED) is 0.729. The number of rotatable bonds is 1. The minimum Gasteiger partial charge on any atom is -0.348 e. The number of H-pyrrole nitrogens is 1. The highest BCUT2D eigenvalue weighted by Crippen LogP contribution is 2.17. The van der Waals surface area contributed by atoms with Crippen molar-refractivity contribution in [2.75, 3.05) is 0 Å². The van der Waals surface area contributed by atoms with Gasteiger partial charge < -0.3 is 4.52 Å². The molecule has 2 aromatic rings. The molecule has 0 fully saturated rings. The molecule has 0 aliphatic rings. The first-order valence-electron chi connectivity index (χ1n) is 4.16. The molecule has 2 heterocycles. The molecule has 0 spiro atoms. The van der Waals surface area contributed by atoms with Crippen LogP contribution in [0.15, 0.2) is 16.8 Å². The van der Waals surface area contributed by atoms with Crippen molar-refractivity contribution in [2.24, 2.45) is 0 Å². The molecule has 0 aliphatic carbocycles. The number of aryl methyl sites for hydroxylation is 2. The van der Waals surface area contributed by atoms with Gasteiger partial charge in [-0.1, -0.05) is 6.07 Å². The van der Waals surface area contributed by atoms with Gasteiger partial charge in [0.1, 0.15) is 5.69 Å². The molecule has 2 rings (SSSR count). The third-order valence-electron chi connectivity index (χ3n) is 1.88. The number of hydrogen-bond donors (Lipinski definition) is 1. The number of nitrogens with one attached hydrogen (secondary N) is 1. The van der Waals surface area contributed by atoms with Gasteiger partial charge in [-0.25, -0.2) is 0 Å². The highest BCUT2D eigenvalue weighted by atomic mass is 32.1. The molecule has 1 N–H and O–H groups in total. The van der Waals surface area contributed by atoms with Gasteiger partial charge in [-0.3, -0.25) is 4.98 Å². The molecule has 0 saturated heterocycles. The third kappa shape index (κ3) is 1.58. The van der Waals surface area contributed by atoms with Crippen LogP contribution in [0.2, 0.25) is 0 Å². The molecular weight excluding hydrogens is 198 g/mol. The number of pyridine rings is 1. The first-order valence-corrected chi connectivity index (χ1v) is 4.57. The molecule has 2 aromatic heterocycles. The average Bonchev–Trinajstić information content (AvgIpc) is 2.51. The van der Waals surface area contributed by atoms with Gasteiger partial charge in [0.05, 0.1) is 0 Å². The fourth-order valence-corrected chi connectivity index (χ4v) is 1.43. The second-order valence-electron chi connectivity index (χ2n) is 3.11. The summed E-state index contributed by atoms with van der Waals surface area (Å²) in [5.41, 5.74) is 2.94. The van der Waals surface area contributed by atoms with Crippen molar-refractivity contribution < 1.29 is 4.52 Å². The minimum absolute atomic E-state index is 0.196. The Kier molecular flexibility index (Phi) is 2.17. The summed E-state index contributed by atoms with van der Waals surface area (Å²) < 4.78 is 4.84. The zero-order valence-corrected chi connectivity index (χ0v) is 8.68.